The zero-order valence-corrected chi connectivity index (χ0v) is 12.8. The minimum atomic E-state index is 0.604. The molecule has 0 bridgehead atoms. The molecule has 0 saturated carbocycles. The maximum atomic E-state index is 5.19. The molecule has 0 radical (unpaired) electrons. The van der Waals surface area contributed by atoms with Crippen molar-refractivity contribution in [2.45, 2.75) is 39.3 Å². The first kappa shape index (κ1) is 16.0. The Kier molecular flexibility index (Phi) is 7.53. The second-order valence-corrected chi connectivity index (χ2v) is 5.01. The standard InChI is InChI=1S/C16H28N2O/c1-5-7-15(12-17-6-2)18(3)13-14-8-10-16(19-4)11-9-14/h8-11,15,17H,5-7,12-13H2,1-4H3. The Morgan fingerprint density at radius 3 is 2.42 bits per heavy atom. The van der Waals surface area contributed by atoms with Crippen molar-refractivity contribution in [2.24, 2.45) is 0 Å². The van der Waals surface area contributed by atoms with Crippen molar-refractivity contribution in [3.8, 4) is 5.75 Å². The van der Waals surface area contributed by atoms with E-state index in [0.29, 0.717) is 6.04 Å². The highest BCUT2D eigenvalue weighted by atomic mass is 16.5. The van der Waals surface area contributed by atoms with Gasteiger partial charge in [0.1, 0.15) is 5.75 Å². The molecule has 0 saturated heterocycles. The highest BCUT2D eigenvalue weighted by molar-refractivity contribution is 5.27. The van der Waals surface area contributed by atoms with Crippen molar-refractivity contribution < 1.29 is 4.74 Å². The molecule has 0 spiro atoms. The summed E-state index contributed by atoms with van der Waals surface area (Å²) in [6.07, 6.45) is 2.46. The first-order valence-electron chi connectivity index (χ1n) is 7.25. The molecule has 0 fully saturated rings. The molecule has 1 rings (SSSR count). The van der Waals surface area contributed by atoms with Gasteiger partial charge in [0.2, 0.25) is 0 Å². The van der Waals surface area contributed by atoms with Crippen molar-refractivity contribution in [2.75, 3.05) is 27.2 Å². The Labute approximate surface area is 118 Å². The predicted octanol–water partition coefficient (Wildman–Crippen LogP) is 2.91. The van der Waals surface area contributed by atoms with Crippen LogP contribution in [-0.2, 0) is 6.54 Å². The quantitative estimate of drug-likeness (QED) is 0.742. The molecule has 0 aliphatic carbocycles. The number of ether oxygens (including phenoxy) is 1. The summed E-state index contributed by atoms with van der Waals surface area (Å²) in [4.78, 5) is 2.44. The normalized spacial score (nSPS) is 12.7. The minimum absolute atomic E-state index is 0.604. The third-order valence-electron chi connectivity index (χ3n) is 3.47. The Hall–Kier alpha value is -1.06. The van der Waals surface area contributed by atoms with Gasteiger partial charge in [-0.3, -0.25) is 4.90 Å². The molecule has 19 heavy (non-hydrogen) atoms. The van der Waals surface area contributed by atoms with Crippen molar-refractivity contribution in [3.05, 3.63) is 29.8 Å². The van der Waals surface area contributed by atoms with Crippen LogP contribution in [0.25, 0.3) is 0 Å². The monoisotopic (exact) mass is 264 g/mol. The summed E-state index contributed by atoms with van der Waals surface area (Å²) in [5.74, 6) is 0.921. The average Bonchev–Trinajstić information content (AvgIpc) is 2.44. The molecular weight excluding hydrogens is 236 g/mol. The zero-order chi connectivity index (χ0) is 14.1. The molecule has 108 valence electrons. The van der Waals surface area contributed by atoms with E-state index in [1.807, 2.05) is 12.1 Å². The maximum absolute atomic E-state index is 5.19. The number of rotatable bonds is 9. The van der Waals surface area contributed by atoms with Gasteiger partial charge in [0.15, 0.2) is 0 Å². The number of nitrogens with one attached hydrogen (secondary N) is 1. The summed E-state index contributed by atoms with van der Waals surface area (Å²) in [6, 6.07) is 8.95. The van der Waals surface area contributed by atoms with Gasteiger partial charge in [0.25, 0.3) is 0 Å². The van der Waals surface area contributed by atoms with Crippen LogP contribution in [0.3, 0.4) is 0 Å². The fourth-order valence-electron chi connectivity index (χ4n) is 2.27. The van der Waals surface area contributed by atoms with Crippen LogP contribution in [0.4, 0.5) is 0 Å². The van der Waals surface area contributed by atoms with Gasteiger partial charge in [0.05, 0.1) is 7.11 Å². The van der Waals surface area contributed by atoms with E-state index in [2.05, 4.69) is 43.2 Å². The lowest BCUT2D eigenvalue weighted by Crippen LogP contribution is -2.39. The van der Waals surface area contributed by atoms with Crippen LogP contribution in [-0.4, -0.2) is 38.2 Å². The molecular formula is C16H28N2O. The molecule has 1 unspecified atom stereocenters. The Balaban J connectivity index is 2.55. The number of likely N-dealkylation sites (N-methyl/N-ethyl adjacent to an activating group) is 2. The van der Waals surface area contributed by atoms with Crippen LogP contribution >= 0.6 is 0 Å². The molecule has 0 aliphatic rings. The lowest BCUT2D eigenvalue weighted by Gasteiger charge is -2.28. The second kappa shape index (κ2) is 8.94. The molecule has 1 N–H and O–H groups in total. The summed E-state index contributed by atoms with van der Waals surface area (Å²) in [5.41, 5.74) is 1.33. The van der Waals surface area contributed by atoms with Gasteiger partial charge in [-0.15, -0.1) is 0 Å². The lowest BCUT2D eigenvalue weighted by molar-refractivity contribution is 0.215. The lowest BCUT2D eigenvalue weighted by atomic mass is 10.1. The largest absolute Gasteiger partial charge is 0.497 e. The van der Waals surface area contributed by atoms with Crippen LogP contribution in [0.15, 0.2) is 24.3 Å². The van der Waals surface area contributed by atoms with Crippen LogP contribution in [0.2, 0.25) is 0 Å². The molecule has 3 heteroatoms. The maximum Gasteiger partial charge on any atom is 0.118 e. The van der Waals surface area contributed by atoms with Crippen molar-refractivity contribution >= 4 is 0 Å². The average molecular weight is 264 g/mol. The van der Waals surface area contributed by atoms with Gasteiger partial charge in [-0.05, 0) is 37.7 Å². The van der Waals surface area contributed by atoms with Crippen LogP contribution in [0.1, 0.15) is 32.3 Å². The molecule has 1 atom stereocenters. The van der Waals surface area contributed by atoms with E-state index in [1.165, 1.54) is 18.4 Å². The third-order valence-corrected chi connectivity index (χ3v) is 3.47. The molecule has 1 aromatic rings. The number of hydrogen-bond donors (Lipinski definition) is 1. The summed E-state index contributed by atoms with van der Waals surface area (Å²) < 4.78 is 5.19. The third kappa shape index (κ3) is 5.62. The van der Waals surface area contributed by atoms with Gasteiger partial charge in [-0.1, -0.05) is 32.4 Å². The second-order valence-electron chi connectivity index (χ2n) is 5.01. The van der Waals surface area contributed by atoms with E-state index < -0.39 is 0 Å². The summed E-state index contributed by atoms with van der Waals surface area (Å²) in [7, 11) is 3.91. The van der Waals surface area contributed by atoms with E-state index in [0.717, 1.165) is 25.4 Å². The van der Waals surface area contributed by atoms with Crippen molar-refractivity contribution in [1.82, 2.24) is 10.2 Å². The van der Waals surface area contributed by atoms with Crippen LogP contribution in [0.5, 0.6) is 5.75 Å². The predicted molar refractivity (Wildman–Crippen MR) is 81.7 cm³/mol. The number of methoxy groups -OCH3 is 1. The van der Waals surface area contributed by atoms with Gasteiger partial charge >= 0.3 is 0 Å². The van der Waals surface area contributed by atoms with Gasteiger partial charge in [-0.2, -0.15) is 0 Å². The molecule has 0 aliphatic heterocycles. The van der Waals surface area contributed by atoms with E-state index in [-0.39, 0.29) is 0 Å². The van der Waals surface area contributed by atoms with E-state index in [4.69, 9.17) is 4.74 Å². The first-order chi connectivity index (χ1) is 9.21. The SMILES string of the molecule is CCCC(CNCC)N(C)Cc1ccc(OC)cc1. The summed E-state index contributed by atoms with van der Waals surface area (Å²) in [5, 5.41) is 3.46. The molecule has 0 amide bonds. The smallest absolute Gasteiger partial charge is 0.118 e. The minimum Gasteiger partial charge on any atom is -0.497 e. The van der Waals surface area contributed by atoms with E-state index in [1.54, 1.807) is 7.11 Å². The molecule has 3 nitrogen and oxygen atoms in total. The van der Waals surface area contributed by atoms with Crippen molar-refractivity contribution in [3.63, 3.8) is 0 Å². The summed E-state index contributed by atoms with van der Waals surface area (Å²) >= 11 is 0. The first-order valence-corrected chi connectivity index (χ1v) is 7.25. The number of hydrogen-bond acceptors (Lipinski definition) is 3. The Morgan fingerprint density at radius 1 is 1.21 bits per heavy atom. The molecule has 0 heterocycles. The topological polar surface area (TPSA) is 24.5 Å². The fraction of sp³-hybridized carbons (Fsp3) is 0.625. The van der Waals surface area contributed by atoms with Crippen LogP contribution in [0, 0.1) is 0 Å². The Morgan fingerprint density at radius 2 is 1.89 bits per heavy atom. The van der Waals surface area contributed by atoms with Gasteiger partial charge in [-0.25, -0.2) is 0 Å². The van der Waals surface area contributed by atoms with Crippen LogP contribution < -0.4 is 10.1 Å². The number of nitrogens with zero attached hydrogens (tertiary/aromatic N) is 1. The Bertz CT molecular complexity index is 337. The highest BCUT2D eigenvalue weighted by Crippen LogP contribution is 2.14. The molecule has 0 aromatic heterocycles. The van der Waals surface area contributed by atoms with E-state index >= 15 is 0 Å². The van der Waals surface area contributed by atoms with Gasteiger partial charge in [0, 0.05) is 19.1 Å². The highest BCUT2D eigenvalue weighted by Gasteiger charge is 2.13. The van der Waals surface area contributed by atoms with E-state index in [9.17, 15) is 0 Å². The summed E-state index contributed by atoms with van der Waals surface area (Å²) in [6.45, 7) is 7.50. The van der Waals surface area contributed by atoms with Crippen molar-refractivity contribution in [1.29, 1.82) is 0 Å². The zero-order valence-electron chi connectivity index (χ0n) is 12.8. The number of benzene rings is 1. The fourth-order valence-corrected chi connectivity index (χ4v) is 2.27. The van der Waals surface area contributed by atoms with Gasteiger partial charge < -0.3 is 10.1 Å². The molecule has 1 aromatic carbocycles.